The summed E-state index contributed by atoms with van der Waals surface area (Å²) in [6, 6.07) is 21.7. The summed E-state index contributed by atoms with van der Waals surface area (Å²) < 4.78 is 89.1. The van der Waals surface area contributed by atoms with Gasteiger partial charge in [0.05, 0.1) is 11.8 Å². The molecule has 4 aromatic carbocycles. The SMILES string of the molecule is C=C=C=C(N1C(=CC(=Cc2oc3cc4ccccc4cc3[n+]2CS(=O)(=O)O)CC)Oc2cc3c(cc21)oc1ccccc13)S(=O)(=O)O. The minimum Gasteiger partial charge on any atom is -0.456 e. The zero-order valence-corrected chi connectivity index (χ0v) is 26.3. The molecule has 11 nitrogen and oxygen atoms in total. The number of oxazole rings is 1. The summed E-state index contributed by atoms with van der Waals surface area (Å²) in [5.74, 6) is -0.430. The number of hydrogen-bond acceptors (Lipinski definition) is 8. The van der Waals surface area contributed by atoms with Gasteiger partial charge in [0.25, 0.3) is 11.4 Å². The molecule has 2 aromatic heterocycles. The summed E-state index contributed by atoms with van der Waals surface area (Å²) in [4.78, 5) is 1.15. The van der Waals surface area contributed by atoms with Crippen molar-refractivity contribution in [3.8, 4) is 5.75 Å². The molecule has 0 bridgehead atoms. The highest BCUT2D eigenvalue weighted by atomic mass is 32.2. The maximum Gasteiger partial charge on any atom is 0.375 e. The van der Waals surface area contributed by atoms with Gasteiger partial charge in [0.2, 0.25) is 16.5 Å². The molecule has 0 saturated carbocycles. The highest BCUT2D eigenvalue weighted by Gasteiger charge is 2.36. The van der Waals surface area contributed by atoms with Gasteiger partial charge in [-0.15, -0.1) is 4.57 Å². The second-order valence-electron chi connectivity index (χ2n) is 10.7. The first-order valence-electron chi connectivity index (χ1n) is 14.2. The standard InChI is InChI=1S/C34H24N2O9S2/c1-3-9-34(47(40,41)42)36-27-19-29-25(24-12-7-8-13-28(24)43-29)18-31(27)45-33(36)15-21(4-2)14-32-35(20-46(37,38)39)26-16-22-10-5-6-11-23(22)17-30(26)44-32/h5-8,10-19H,1,4,20H2,2H3,(H-,37,38,39,40,41,42)/p+1. The highest BCUT2D eigenvalue weighted by Crippen LogP contribution is 2.46. The number of anilines is 1. The van der Waals surface area contributed by atoms with E-state index in [0.717, 1.165) is 26.4 Å². The summed E-state index contributed by atoms with van der Waals surface area (Å²) in [6.07, 6.45) is 3.43. The normalized spacial score (nSPS) is 14.6. The molecule has 2 N–H and O–H groups in total. The molecule has 0 unspecified atom stereocenters. The van der Waals surface area contributed by atoms with Crippen molar-refractivity contribution < 1.29 is 44.1 Å². The predicted molar refractivity (Wildman–Crippen MR) is 176 cm³/mol. The largest absolute Gasteiger partial charge is 0.456 e. The van der Waals surface area contributed by atoms with Gasteiger partial charge in [-0.3, -0.25) is 14.0 Å². The maximum absolute atomic E-state index is 12.6. The molecule has 13 heteroatoms. The van der Waals surface area contributed by atoms with Crippen molar-refractivity contribution in [3.63, 3.8) is 0 Å². The third kappa shape index (κ3) is 5.53. The van der Waals surface area contributed by atoms with Crippen LogP contribution in [0, 0.1) is 0 Å². The highest BCUT2D eigenvalue weighted by molar-refractivity contribution is 7.90. The Morgan fingerprint density at radius 3 is 2.34 bits per heavy atom. The Balaban J connectivity index is 1.42. The number of ether oxygens (including phenoxy) is 1. The van der Waals surface area contributed by atoms with Gasteiger partial charge in [-0.1, -0.05) is 55.1 Å². The van der Waals surface area contributed by atoms with Crippen LogP contribution in [0.5, 0.6) is 5.75 Å². The number of aromatic nitrogens is 1. The van der Waals surface area contributed by atoms with E-state index >= 15 is 0 Å². The number of para-hydroxylation sites is 1. The van der Waals surface area contributed by atoms with Crippen LogP contribution in [0.2, 0.25) is 0 Å². The fraction of sp³-hybridized carbons (Fsp3) is 0.0882. The molecule has 236 valence electrons. The van der Waals surface area contributed by atoms with Gasteiger partial charge in [0.15, 0.2) is 5.75 Å². The van der Waals surface area contributed by atoms with Crippen LogP contribution in [0.15, 0.2) is 122 Å². The number of benzene rings is 4. The van der Waals surface area contributed by atoms with Gasteiger partial charge in [-0.25, -0.2) is 0 Å². The van der Waals surface area contributed by atoms with E-state index in [-0.39, 0.29) is 23.2 Å². The fourth-order valence-electron chi connectivity index (χ4n) is 5.64. The zero-order valence-electron chi connectivity index (χ0n) is 24.7. The van der Waals surface area contributed by atoms with Gasteiger partial charge < -0.3 is 13.6 Å². The number of rotatable bonds is 7. The predicted octanol–water partition coefficient (Wildman–Crippen LogP) is 6.82. The molecule has 0 fully saturated rings. The average Bonchev–Trinajstić information content (AvgIpc) is 3.66. The van der Waals surface area contributed by atoms with E-state index in [9.17, 15) is 25.9 Å². The molecule has 0 radical (unpaired) electrons. The molecule has 3 heterocycles. The Hall–Kier alpha value is -5.39. The third-order valence-electron chi connectivity index (χ3n) is 7.69. The minimum atomic E-state index is -4.89. The summed E-state index contributed by atoms with van der Waals surface area (Å²) in [7, 11) is -9.38. The lowest BCUT2D eigenvalue weighted by Gasteiger charge is -2.17. The van der Waals surface area contributed by atoms with Crippen LogP contribution < -0.4 is 14.2 Å². The third-order valence-corrected chi connectivity index (χ3v) is 9.05. The second kappa shape index (κ2) is 11.1. The quantitative estimate of drug-likeness (QED) is 0.105. The molecule has 0 spiro atoms. The number of furan rings is 1. The van der Waals surface area contributed by atoms with Crippen molar-refractivity contribution in [2.24, 2.45) is 0 Å². The van der Waals surface area contributed by atoms with Gasteiger partial charge in [-0.2, -0.15) is 16.8 Å². The Kier molecular flexibility index (Phi) is 7.18. The number of hydrogen-bond donors (Lipinski definition) is 2. The van der Waals surface area contributed by atoms with Crippen LogP contribution in [0.4, 0.5) is 5.69 Å². The van der Waals surface area contributed by atoms with Crippen LogP contribution in [0.3, 0.4) is 0 Å². The van der Waals surface area contributed by atoms with Crippen molar-refractivity contribution in [2.45, 2.75) is 19.2 Å². The molecule has 0 aliphatic carbocycles. The van der Waals surface area contributed by atoms with E-state index in [4.69, 9.17) is 13.6 Å². The van der Waals surface area contributed by atoms with Crippen LogP contribution in [0.25, 0.3) is 49.9 Å². The molecular formula is C34H25N2O9S2+. The summed E-state index contributed by atoms with van der Waals surface area (Å²) in [5, 5.41) is 2.56. The van der Waals surface area contributed by atoms with Crippen LogP contribution in [0.1, 0.15) is 19.2 Å². The molecular weight excluding hydrogens is 645 g/mol. The average molecular weight is 670 g/mol. The monoisotopic (exact) mass is 669 g/mol. The fourth-order valence-corrected chi connectivity index (χ4v) is 6.86. The first-order chi connectivity index (χ1) is 22.4. The van der Waals surface area contributed by atoms with E-state index in [1.54, 1.807) is 30.3 Å². The van der Waals surface area contributed by atoms with E-state index in [1.807, 2.05) is 55.5 Å². The second-order valence-corrected chi connectivity index (χ2v) is 13.5. The number of fused-ring (bicyclic) bond motifs is 6. The van der Waals surface area contributed by atoms with E-state index in [2.05, 4.69) is 18.0 Å². The molecule has 7 rings (SSSR count). The lowest BCUT2D eigenvalue weighted by Crippen LogP contribution is -2.39. The van der Waals surface area contributed by atoms with E-state index < -0.39 is 31.1 Å². The molecule has 6 aromatic rings. The van der Waals surface area contributed by atoms with Crippen LogP contribution >= 0.6 is 0 Å². The van der Waals surface area contributed by atoms with Gasteiger partial charge in [0, 0.05) is 29.0 Å². The zero-order chi connectivity index (χ0) is 33.1. The van der Waals surface area contributed by atoms with Crippen LogP contribution in [-0.2, 0) is 26.1 Å². The van der Waals surface area contributed by atoms with Crippen molar-refractivity contribution >= 4 is 75.8 Å². The maximum atomic E-state index is 12.6. The Morgan fingerprint density at radius 1 is 0.915 bits per heavy atom. The van der Waals surface area contributed by atoms with E-state index in [1.165, 1.54) is 10.6 Å². The molecule has 1 aliphatic heterocycles. The van der Waals surface area contributed by atoms with Crippen molar-refractivity contribution in [1.29, 1.82) is 0 Å². The topological polar surface area (TPSA) is 151 Å². The summed E-state index contributed by atoms with van der Waals surface area (Å²) in [5.41, 5.74) is 7.31. The lowest BCUT2D eigenvalue weighted by molar-refractivity contribution is -0.658. The van der Waals surface area contributed by atoms with Crippen molar-refractivity contribution in [3.05, 3.63) is 119 Å². The molecule has 0 atom stereocenters. The molecule has 0 amide bonds. The van der Waals surface area contributed by atoms with E-state index in [0.29, 0.717) is 34.3 Å². The van der Waals surface area contributed by atoms with Crippen molar-refractivity contribution in [2.75, 3.05) is 4.90 Å². The number of nitrogens with zero attached hydrogens (tertiary/aromatic N) is 2. The first kappa shape index (κ1) is 30.3. The molecule has 0 saturated heterocycles. The first-order valence-corrected chi connectivity index (χ1v) is 17.3. The van der Waals surface area contributed by atoms with Gasteiger partial charge >= 0.3 is 26.1 Å². The Bertz CT molecular complexity index is 2670. The van der Waals surface area contributed by atoms with Gasteiger partial charge in [0.1, 0.15) is 11.2 Å². The van der Waals surface area contributed by atoms with Crippen molar-refractivity contribution in [1.82, 2.24) is 0 Å². The summed E-state index contributed by atoms with van der Waals surface area (Å²) in [6.45, 7) is 5.25. The minimum absolute atomic E-state index is 0.0244. The van der Waals surface area contributed by atoms with Gasteiger partial charge in [-0.05, 0) is 53.3 Å². The van der Waals surface area contributed by atoms with Crippen LogP contribution in [-0.4, -0.2) is 25.9 Å². The lowest BCUT2D eigenvalue weighted by atomic mass is 10.1. The molecule has 1 aliphatic rings. The Morgan fingerprint density at radius 2 is 1.64 bits per heavy atom. The Labute approximate surface area is 268 Å². The smallest absolute Gasteiger partial charge is 0.375 e. The molecule has 47 heavy (non-hydrogen) atoms. The number of allylic oxidation sites excluding steroid dienone is 2. The summed E-state index contributed by atoms with van der Waals surface area (Å²) >= 11 is 0.